The van der Waals surface area contributed by atoms with Gasteiger partial charge in [0.1, 0.15) is 0 Å². The monoisotopic (exact) mass is 236 g/mol. The summed E-state index contributed by atoms with van der Waals surface area (Å²) in [6, 6.07) is 0. The molecule has 1 N–H and O–H groups in total. The Hall–Kier alpha value is 0.000260. The number of rotatable bonds is 0. The van der Waals surface area contributed by atoms with E-state index in [-0.39, 0.29) is 0 Å². The van der Waals surface area contributed by atoms with Crippen LogP contribution in [0.15, 0.2) is 0 Å². The number of hydrogen-bond donors (Lipinski definition) is 1. The molecule has 0 aliphatic rings. The summed E-state index contributed by atoms with van der Waals surface area (Å²) < 4.78 is 26.6. The van der Waals surface area contributed by atoms with Crippen molar-refractivity contribution >= 4 is 5.97 Å². The van der Waals surface area contributed by atoms with Crippen molar-refractivity contribution in [2.45, 2.75) is 11.3 Å². The zero-order chi connectivity index (χ0) is 8.08. The molecule has 0 rings (SSSR count). The van der Waals surface area contributed by atoms with E-state index in [1.165, 1.54) is 21.1 Å². The Labute approximate surface area is 62.0 Å². The summed E-state index contributed by atoms with van der Waals surface area (Å²) in [4.78, 5) is 9.00. The van der Waals surface area contributed by atoms with Crippen molar-refractivity contribution in [2.75, 3.05) is 0 Å². The van der Waals surface area contributed by atoms with Crippen LogP contribution in [0.2, 0.25) is 0 Å². The fraction of sp³-hybridized carbons (Fsp3) is 0.667. The molecule has 0 aromatic heterocycles. The van der Waals surface area contributed by atoms with Gasteiger partial charge in [-0.15, -0.1) is 0 Å². The maximum atomic E-state index is 10.3. The standard InChI is InChI=1S/C2H4O2.CF3.Ag/c1-2(3)4;2-1(3)4;/h1H3,(H,3,4);;. The molecule has 0 saturated carbocycles. The molecule has 0 unspecified atom stereocenters. The molecule has 0 heterocycles. The zero-order valence-corrected chi connectivity index (χ0v) is 5.77. The van der Waals surface area contributed by atoms with Gasteiger partial charge in [-0.25, -0.2) is 0 Å². The van der Waals surface area contributed by atoms with Crippen LogP contribution in [0.3, 0.4) is 0 Å². The summed E-state index contributed by atoms with van der Waals surface area (Å²) in [5.41, 5.74) is 0. The summed E-state index contributed by atoms with van der Waals surface area (Å²) in [6.45, 7) is 1.08. The van der Waals surface area contributed by atoms with Gasteiger partial charge in [-0.2, -0.15) is 0 Å². The first-order valence-corrected chi connectivity index (χ1v) is 2.39. The van der Waals surface area contributed by atoms with E-state index in [1.54, 1.807) is 0 Å². The first kappa shape index (κ1) is 11.8. The van der Waals surface area contributed by atoms with Gasteiger partial charge in [0.05, 0.1) is 0 Å². The first-order chi connectivity index (χ1) is 3.73. The van der Waals surface area contributed by atoms with Crippen molar-refractivity contribution in [3.63, 3.8) is 0 Å². The second-order valence-electron chi connectivity index (χ2n) is 0.904. The fourth-order valence-electron chi connectivity index (χ4n) is 0. The molecule has 60 valence electrons. The number of halogens is 3. The van der Waals surface area contributed by atoms with Crippen LogP contribution in [-0.2, 0) is 25.9 Å². The third kappa shape index (κ3) is 4270000000. The quantitative estimate of drug-likeness (QED) is 0.641. The minimum atomic E-state index is -4.19. The molecule has 0 fully saturated rings. The van der Waals surface area contributed by atoms with Crippen LogP contribution < -0.4 is 0 Å². The van der Waals surface area contributed by atoms with Crippen molar-refractivity contribution in [1.82, 2.24) is 0 Å². The van der Waals surface area contributed by atoms with Gasteiger partial charge in [0.25, 0.3) is 5.97 Å². The number of carboxylic acids is 1. The molecule has 9 heavy (non-hydrogen) atoms. The van der Waals surface area contributed by atoms with Crippen LogP contribution in [0, 0.1) is 0 Å². The van der Waals surface area contributed by atoms with E-state index in [1.807, 2.05) is 0 Å². The Bertz CT molecular complexity index is 79.5. The van der Waals surface area contributed by atoms with Gasteiger partial charge in [-0.3, -0.25) is 4.79 Å². The summed E-state index contributed by atoms with van der Waals surface area (Å²) >= 11 is 1.39. The van der Waals surface area contributed by atoms with Crippen LogP contribution in [0.5, 0.6) is 0 Å². The average molecular weight is 237 g/mol. The SMILES string of the molecule is CC(=O)O.F[C](F)(F)[Ag]. The van der Waals surface area contributed by atoms with E-state index in [4.69, 9.17) is 9.90 Å². The van der Waals surface area contributed by atoms with E-state index < -0.39 is 10.4 Å². The van der Waals surface area contributed by atoms with Crippen LogP contribution >= 0.6 is 0 Å². The van der Waals surface area contributed by atoms with Gasteiger partial charge >= 0.3 is 38.6 Å². The van der Waals surface area contributed by atoms with Crippen LogP contribution in [0.1, 0.15) is 6.92 Å². The molecular formula is C3H4AgF3O2. The van der Waals surface area contributed by atoms with E-state index in [0.717, 1.165) is 6.92 Å². The van der Waals surface area contributed by atoms with Crippen LogP contribution in [-0.4, -0.2) is 15.5 Å². The Morgan fingerprint density at radius 1 is 1.56 bits per heavy atom. The molecule has 0 aromatic rings. The van der Waals surface area contributed by atoms with E-state index in [0.29, 0.717) is 0 Å². The van der Waals surface area contributed by atoms with Crippen molar-refractivity contribution in [3.8, 4) is 0 Å². The topological polar surface area (TPSA) is 37.3 Å². The molecule has 6 heteroatoms. The number of carboxylic acid groups (broad SMARTS) is 1. The third-order valence-electron chi connectivity index (χ3n) is 0. The normalized spacial score (nSPS) is 9.56. The molecule has 2 nitrogen and oxygen atoms in total. The Morgan fingerprint density at radius 3 is 1.56 bits per heavy atom. The summed E-state index contributed by atoms with van der Waals surface area (Å²) in [5, 5.41) is 7.42. The fourth-order valence-corrected chi connectivity index (χ4v) is 0. The molecule has 0 spiro atoms. The molecule has 0 saturated heterocycles. The first-order valence-electron chi connectivity index (χ1n) is 1.65. The predicted octanol–water partition coefficient (Wildman–Crippen LogP) is 1.14. The molecule has 0 aromatic carbocycles. The summed E-state index contributed by atoms with van der Waals surface area (Å²) in [6.07, 6.45) is 0. The minimum absolute atomic E-state index is 0.833. The van der Waals surface area contributed by atoms with Crippen LogP contribution in [0.4, 0.5) is 13.2 Å². The molecule has 0 atom stereocenters. The summed E-state index contributed by atoms with van der Waals surface area (Å²) in [7, 11) is 0. The van der Waals surface area contributed by atoms with Gasteiger partial charge < -0.3 is 5.11 Å². The van der Waals surface area contributed by atoms with Gasteiger partial charge in [-0.1, -0.05) is 0 Å². The predicted molar refractivity (Wildman–Crippen MR) is 19.4 cm³/mol. The molecule has 0 radical (unpaired) electrons. The molecule has 0 aliphatic heterocycles. The second kappa shape index (κ2) is 4.84. The van der Waals surface area contributed by atoms with E-state index >= 15 is 0 Å². The molecule has 0 amide bonds. The number of carbonyl (C=O) groups is 1. The van der Waals surface area contributed by atoms with Gasteiger partial charge in [-0.05, 0) is 0 Å². The van der Waals surface area contributed by atoms with Gasteiger partial charge in [0, 0.05) is 6.92 Å². The third-order valence-corrected chi connectivity index (χ3v) is 0. The number of alkyl halides is 3. The Kier molecular flexibility index (Phi) is 6.32. The number of aliphatic carboxylic acids is 1. The van der Waals surface area contributed by atoms with E-state index in [2.05, 4.69) is 0 Å². The zero-order valence-electron chi connectivity index (χ0n) is 4.29. The number of hydrogen-bond acceptors (Lipinski definition) is 1. The molecular weight excluding hydrogens is 233 g/mol. The van der Waals surface area contributed by atoms with Crippen molar-refractivity contribution in [1.29, 1.82) is 0 Å². The van der Waals surface area contributed by atoms with Gasteiger partial charge in [0.2, 0.25) is 0 Å². The van der Waals surface area contributed by atoms with Crippen molar-refractivity contribution in [3.05, 3.63) is 0 Å². The molecule has 0 bridgehead atoms. The van der Waals surface area contributed by atoms with Gasteiger partial charge in [0.15, 0.2) is 0 Å². The Morgan fingerprint density at radius 2 is 1.56 bits per heavy atom. The van der Waals surface area contributed by atoms with Crippen LogP contribution in [0.25, 0.3) is 0 Å². The average Bonchev–Trinajstić information content (AvgIpc) is 1.19. The van der Waals surface area contributed by atoms with Crippen molar-refractivity contribution in [2.24, 2.45) is 0 Å². The van der Waals surface area contributed by atoms with Crippen molar-refractivity contribution < 1.29 is 44.1 Å². The summed E-state index contributed by atoms with van der Waals surface area (Å²) in [5.74, 6) is -0.833. The Balaban J connectivity index is 0. The maximum absolute atomic E-state index is 10.3. The molecule has 0 aliphatic carbocycles. The van der Waals surface area contributed by atoms with E-state index in [9.17, 15) is 13.2 Å². The second-order valence-corrected chi connectivity index (χ2v) is 1.74.